The topological polar surface area (TPSA) is 24.5 Å². The van der Waals surface area contributed by atoms with Crippen LogP contribution >= 0.6 is 27.3 Å². The Balaban J connectivity index is 1.92. The fourth-order valence-corrected chi connectivity index (χ4v) is 2.57. The summed E-state index contributed by atoms with van der Waals surface area (Å²) < 4.78 is 6.64. The summed E-state index contributed by atoms with van der Waals surface area (Å²) in [5.74, 6) is 0. The highest BCUT2D eigenvalue weighted by molar-refractivity contribution is 9.10. The minimum absolute atomic E-state index is 0.778. The average molecular weight is 307 g/mol. The van der Waals surface area contributed by atoms with E-state index in [1.165, 1.54) is 4.88 Å². The fourth-order valence-electron chi connectivity index (χ4n) is 1.15. The molecule has 0 fully saturated rings. The van der Waals surface area contributed by atoms with Crippen LogP contribution in [0.3, 0.4) is 0 Å². The lowest BCUT2D eigenvalue weighted by atomic mass is 10.4. The zero-order chi connectivity index (χ0) is 11.8. The average Bonchev–Trinajstić information content (AvgIpc) is 2.62. The highest BCUT2D eigenvalue weighted by Gasteiger charge is 1.96. The first-order valence-corrected chi connectivity index (χ1v) is 7.02. The molecule has 16 heavy (non-hydrogen) atoms. The van der Waals surface area contributed by atoms with Gasteiger partial charge in [0, 0.05) is 34.4 Å². The Morgan fingerprint density at radius 2 is 2.25 bits per heavy atom. The highest BCUT2D eigenvalue weighted by Crippen LogP contribution is 2.19. The number of halogens is 1. The van der Waals surface area contributed by atoms with Gasteiger partial charge in [0.25, 0.3) is 0 Å². The van der Waals surface area contributed by atoms with Crippen molar-refractivity contribution in [3.05, 3.63) is 20.8 Å². The van der Waals surface area contributed by atoms with Crippen molar-refractivity contribution < 1.29 is 4.74 Å². The van der Waals surface area contributed by atoms with Crippen molar-refractivity contribution in [3.8, 4) is 0 Å². The van der Waals surface area contributed by atoms with Gasteiger partial charge in [0.15, 0.2) is 0 Å². The number of thiophene rings is 1. The highest BCUT2D eigenvalue weighted by atomic mass is 79.9. The first-order valence-electron chi connectivity index (χ1n) is 5.34. The second-order valence-electron chi connectivity index (χ2n) is 3.82. The number of hydrogen-bond donors (Lipinski definition) is 1. The van der Waals surface area contributed by atoms with Gasteiger partial charge in [-0.05, 0) is 36.1 Å². The zero-order valence-corrected chi connectivity index (χ0v) is 12.2. The monoisotopic (exact) mass is 306 g/mol. The number of nitrogens with zero attached hydrogens (tertiary/aromatic N) is 1. The standard InChI is InChI=1S/C11H19BrN2OS/c1-14(2)4-6-15-5-3-13-8-11-7-10(12)9-16-11/h7,9,13H,3-6,8H2,1-2H3. The first kappa shape index (κ1) is 14.1. The molecule has 0 spiro atoms. The maximum Gasteiger partial charge on any atom is 0.0593 e. The van der Waals surface area contributed by atoms with Crippen LogP contribution in [0.5, 0.6) is 0 Å². The summed E-state index contributed by atoms with van der Waals surface area (Å²) in [6.07, 6.45) is 0. The Hall–Kier alpha value is 0.0600. The Bertz CT molecular complexity index is 291. The predicted molar refractivity (Wildman–Crippen MR) is 73.1 cm³/mol. The van der Waals surface area contributed by atoms with Crippen LogP contribution in [0.15, 0.2) is 15.9 Å². The molecule has 3 nitrogen and oxygen atoms in total. The van der Waals surface area contributed by atoms with Crippen LogP contribution in [0.2, 0.25) is 0 Å². The first-order chi connectivity index (χ1) is 7.68. The van der Waals surface area contributed by atoms with Crippen LogP contribution in [0, 0.1) is 0 Å². The van der Waals surface area contributed by atoms with E-state index in [0.717, 1.165) is 37.3 Å². The van der Waals surface area contributed by atoms with Gasteiger partial charge in [-0.3, -0.25) is 0 Å². The Kier molecular flexibility index (Phi) is 7.23. The fraction of sp³-hybridized carbons (Fsp3) is 0.636. The molecular weight excluding hydrogens is 288 g/mol. The zero-order valence-electron chi connectivity index (χ0n) is 9.83. The van der Waals surface area contributed by atoms with Gasteiger partial charge in [-0.25, -0.2) is 0 Å². The summed E-state index contributed by atoms with van der Waals surface area (Å²) in [5, 5.41) is 5.46. The molecule has 1 N–H and O–H groups in total. The van der Waals surface area contributed by atoms with E-state index in [9.17, 15) is 0 Å². The molecule has 1 aromatic heterocycles. The minimum atomic E-state index is 0.778. The third kappa shape index (κ3) is 6.60. The summed E-state index contributed by atoms with van der Waals surface area (Å²) >= 11 is 5.21. The van der Waals surface area contributed by atoms with E-state index in [1.54, 1.807) is 11.3 Å². The summed E-state index contributed by atoms with van der Waals surface area (Å²) in [6, 6.07) is 2.14. The largest absolute Gasteiger partial charge is 0.379 e. The smallest absolute Gasteiger partial charge is 0.0593 e. The van der Waals surface area contributed by atoms with Crippen LogP contribution in [0.1, 0.15) is 4.88 Å². The molecule has 0 unspecified atom stereocenters. The molecule has 0 aliphatic rings. The lowest BCUT2D eigenvalue weighted by molar-refractivity contribution is 0.119. The molecule has 92 valence electrons. The van der Waals surface area contributed by atoms with Crippen molar-refractivity contribution in [1.29, 1.82) is 0 Å². The molecule has 0 aliphatic heterocycles. The number of ether oxygens (including phenoxy) is 1. The third-order valence-electron chi connectivity index (χ3n) is 2.03. The lowest BCUT2D eigenvalue weighted by Gasteiger charge is -2.09. The van der Waals surface area contributed by atoms with Crippen molar-refractivity contribution in [2.75, 3.05) is 40.4 Å². The van der Waals surface area contributed by atoms with E-state index in [0.29, 0.717) is 0 Å². The van der Waals surface area contributed by atoms with Gasteiger partial charge in [-0.2, -0.15) is 0 Å². The SMILES string of the molecule is CN(C)CCOCCNCc1cc(Br)cs1. The molecule has 0 amide bonds. The maximum absolute atomic E-state index is 5.48. The van der Waals surface area contributed by atoms with Crippen molar-refractivity contribution >= 4 is 27.3 Å². The normalized spacial score (nSPS) is 11.2. The summed E-state index contributed by atoms with van der Waals surface area (Å²) in [7, 11) is 4.10. The van der Waals surface area contributed by atoms with Gasteiger partial charge in [0.05, 0.1) is 13.2 Å². The van der Waals surface area contributed by atoms with E-state index in [2.05, 4.69) is 51.7 Å². The van der Waals surface area contributed by atoms with Crippen molar-refractivity contribution in [1.82, 2.24) is 10.2 Å². The van der Waals surface area contributed by atoms with Gasteiger partial charge in [0.2, 0.25) is 0 Å². The molecule has 1 heterocycles. The molecular formula is C11H19BrN2OS. The lowest BCUT2D eigenvalue weighted by Crippen LogP contribution is -2.22. The van der Waals surface area contributed by atoms with Crippen LogP contribution in [0.4, 0.5) is 0 Å². The number of hydrogen-bond acceptors (Lipinski definition) is 4. The van der Waals surface area contributed by atoms with Crippen LogP contribution in [0.25, 0.3) is 0 Å². The Morgan fingerprint density at radius 3 is 2.88 bits per heavy atom. The van der Waals surface area contributed by atoms with Crippen molar-refractivity contribution in [2.45, 2.75) is 6.54 Å². The van der Waals surface area contributed by atoms with E-state index in [-0.39, 0.29) is 0 Å². The summed E-state index contributed by atoms with van der Waals surface area (Å²) in [4.78, 5) is 3.47. The second kappa shape index (κ2) is 8.20. The van der Waals surface area contributed by atoms with Gasteiger partial charge in [-0.15, -0.1) is 11.3 Å². The molecule has 0 aromatic carbocycles. The van der Waals surface area contributed by atoms with E-state index < -0.39 is 0 Å². The number of likely N-dealkylation sites (N-methyl/N-ethyl adjacent to an activating group) is 1. The minimum Gasteiger partial charge on any atom is -0.379 e. The molecule has 0 radical (unpaired) electrons. The van der Waals surface area contributed by atoms with Crippen molar-refractivity contribution in [2.24, 2.45) is 0 Å². The molecule has 0 saturated heterocycles. The van der Waals surface area contributed by atoms with Gasteiger partial charge in [-0.1, -0.05) is 0 Å². The van der Waals surface area contributed by atoms with Crippen LogP contribution in [-0.4, -0.2) is 45.3 Å². The molecule has 1 rings (SSSR count). The molecule has 0 saturated carbocycles. The van der Waals surface area contributed by atoms with Crippen LogP contribution < -0.4 is 5.32 Å². The quantitative estimate of drug-likeness (QED) is 0.745. The van der Waals surface area contributed by atoms with E-state index in [1.807, 2.05) is 0 Å². The Labute approximate surface area is 110 Å². The summed E-state index contributed by atoms with van der Waals surface area (Å²) in [6.45, 7) is 4.40. The molecule has 0 atom stereocenters. The second-order valence-corrected chi connectivity index (χ2v) is 5.74. The van der Waals surface area contributed by atoms with Gasteiger partial charge >= 0.3 is 0 Å². The molecule has 0 bridgehead atoms. The molecule has 1 aromatic rings. The van der Waals surface area contributed by atoms with Gasteiger partial charge < -0.3 is 15.0 Å². The molecule has 5 heteroatoms. The van der Waals surface area contributed by atoms with Gasteiger partial charge in [0.1, 0.15) is 0 Å². The third-order valence-corrected chi connectivity index (χ3v) is 3.72. The number of nitrogens with one attached hydrogen (secondary N) is 1. The van der Waals surface area contributed by atoms with Crippen LogP contribution in [-0.2, 0) is 11.3 Å². The maximum atomic E-state index is 5.48. The summed E-state index contributed by atoms with van der Waals surface area (Å²) in [5.41, 5.74) is 0. The van der Waals surface area contributed by atoms with E-state index >= 15 is 0 Å². The Morgan fingerprint density at radius 1 is 1.44 bits per heavy atom. The molecule has 0 aliphatic carbocycles. The van der Waals surface area contributed by atoms with E-state index in [4.69, 9.17) is 4.74 Å². The van der Waals surface area contributed by atoms with Crippen molar-refractivity contribution in [3.63, 3.8) is 0 Å². The number of rotatable bonds is 8. The predicted octanol–water partition coefficient (Wildman–Crippen LogP) is 2.18.